The molecule has 6 nitrogen and oxygen atoms in total. The highest BCUT2D eigenvalue weighted by atomic mass is 16.5. The molecule has 0 unspecified atom stereocenters. The van der Waals surface area contributed by atoms with E-state index in [0.717, 1.165) is 43.9 Å². The van der Waals surface area contributed by atoms with Crippen LogP contribution in [-0.2, 0) is 13.0 Å². The predicted octanol–water partition coefficient (Wildman–Crippen LogP) is 1.81. The predicted molar refractivity (Wildman–Crippen MR) is 86.7 cm³/mol. The van der Waals surface area contributed by atoms with Gasteiger partial charge in [0.2, 0.25) is 0 Å². The molecule has 0 radical (unpaired) electrons. The summed E-state index contributed by atoms with van der Waals surface area (Å²) in [6.07, 6.45) is 3.94. The molecule has 0 N–H and O–H groups in total. The molecule has 1 aromatic carbocycles. The fraction of sp³-hybridized carbons (Fsp3) is 0.471. The Hall–Kier alpha value is -2.21. The lowest BCUT2D eigenvalue weighted by Crippen LogP contribution is -2.25. The molecule has 1 aromatic heterocycles. The molecule has 0 bridgehead atoms. The van der Waals surface area contributed by atoms with Crippen LogP contribution in [0.2, 0.25) is 0 Å². The number of carbonyl (C=O) groups is 1. The van der Waals surface area contributed by atoms with Crippen molar-refractivity contribution in [1.82, 2.24) is 19.9 Å². The number of carbonyl (C=O) groups excluding carboxylic acids is 1. The average molecular weight is 314 g/mol. The highest BCUT2D eigenvalue weighted by Crippen LogP contribution is 2.11. The minimum Gasteiger partial charge on any atom is -0.493 e. The highest BCUT2D eigenvalue weighted by Gasteiger charge is 2.15. The molecule has 0 atom stereocenters. The van der Waals surface area contributed by atoms with Crippen LogP contribution in [0.3, 0.4) is 0 Å². The average Bonchev–Trinajstić information content (AvgIpc) is 3.23. The summed E-state index contributed by atoms with van der Waals surface area (Å²) in [4.78, 5) is 13.6. The lowest BCUT2D eigenvalue weighted by atomic mass is 10.2. The molecule has 1 fully saturated rings. The Morgan fingerprint density at radius 1 is 1.13 bits per heavy atom. The Labute approximate surface area is 136 Å². The van der Waals surface area contributed by atoms with E-state index >= 15 is 0 Å². The van der Waals surface area contributed by atoms with Crippen LogP contribution in [0.1, 0.15) is 29.0 Å². The molecule has 0 amide bonds. The maximum atomic E-state index is 11.2. The van der Waals surface area contributed by atoms with Crippen LogP contribution < -0.4 is 4.74 Å². The first-order valence-electron chi connectivity index (χ1n) is 8.14. The summed E-state index contributed by atoms with van der Waals surface area (Å²) in [5.41, 5.74) is 1.28. The van der Waals surface area contributed by atoms with Gasteiger partial charge in [0.1, 0.15) is 11.4 Å². The van der Waals surface area contributed by atoms with Gasteiger partial charge < -0.3 is 9.64 Å². The lowest BCUT2D eigenvalue weighted by molar-refractivity contribution is 0.111. The van der Waals surface area contributed by atoms with E-state index in [9.17, 15) is 4.79 Å². The van der Waals surface area contributed by atoms with E-state index in [2.05, 4.69) is 15.2 Å². The number of hydrogen-bond acceptors (Lipinski definition) is 5. The Bertz CT molecular complexity index is 621. The molecule has 6 heteroatoms. The lowest BCUT2D eigenvalue weighted by Gasteiger charge is -2.15. The van der Waals surface area contributed by atoms with Gasteiger partial charge in [-0.25, -0.2) is 4.68 Å². The minimum atomic E-state index is 0.420. The van der Waals surface area contributed by atoms with Crippen LogP contribution in [-0.4, -0.2) is 52.4 Å². The molecule has 2 heterocycles. The summed E-state index contributed by atoms with van der Waals surface area (Å²) in [6.45, 7) is 4.53. The van der Waals surface area contributed by atoms with E-state index in [1.165, 1.54) is 12.8 Å². The first kappa shape index (κ1) is 15.7. The van der Waals surface area contributed by atoms with Crippen molar-refractivity contribution in [3.63, 3.8) is 0 Å². The number of aldehydes is 1. The smallest absolute Gasteiger partial charge is 0.172 e. The minimum absolute atomic E-state index is 0.420. The SMILES string of the molecule is O=Cc1nnn(CCN2CCCC2)c1CCOc1ccccc1. The molecule has 0 aliphatic carbocycles. The number of hydrogen-bond donors (Lipinski definition) is 0. The van der Waals surface area contributed by atoms with Gasteiger partial charge >= 0.3 is 0 Å². The third-order valence-electron chi connectivity index (χ3n) is 4.16. The van der Waals surface area contributed by atoms with E-state index in [1.807, 2.05) is 35.0 Å². The van der Waals surface area contributed by atoms with Crippen LogP contribution in [0.4, 0.5) is 0 Å². The van der Waals surface area contributed by atoms with Crippen molar-refractivity contribution in [3.8, 4) is 5.75 Å². The van der Waals surface area contributed by atoms with Crippen molar-refractivity contribution in [2.75, 3.05) is 26.2 Å². The molecule has 0 spiro atoms. The number of nitrogens with zero attached hydrogens (tertiary/aromatic N) is 4. The number of ether oxygens (including phenoxy) is 1. The van der Waals surface area contributed by atoms with Gasteiger partial charge in [-0.1, -0.05) is 23.4 Å². The Morgan fingerprint density at radius 2 is 1.91 bits per heavy atom. The number of benzene rings is 1. The van der Waals surface area contributed by atoms with Crippen molar-refractivity contribution >= 4 is 6.29 Å². The maximum Gasteiger partial charge on any atom is 0.172 e. The number of rotatable bonds is 8. The Balaban J connectivity index is 1.57. The van der Waals surface area contributed by atoms with Crippen LogP contribution in [0, 0.1) is 0 Å². The van der Waals surface area contributed by atoms with Gasteiger partial charge in [-0.3, -0.25) is 4.79 Å². The van der Waals surface area contributed by atoms with Crippen LogP contribution >= 0.6 is 0 Å². The molecule has 1 aliphatic heterocycles. The van der Waals surface area contributed by atoms with Crippen molar-refractivity contribution in [2.45, 2.75) is 25.8 Å². The molecule has 1 aliphatic rings. The maximum absolute atomic E-state index is 11.2. The molecular formula is C17H22N4O2. The summed E-state index contributed by atoms with van der Waals surface area (Å²) in [7, 11) is 0. The summed E-state index contributed by atoms with van der Waals surface area (Å²) < 4.78 is 7.56. The van der Waals surface area contributed by atoms with Crippen molar-refractivity contribution in [1.29, 1.82) is 0 Å². The van der Waals surface area contributed by atoms with Gasteiger partial charge in [0.05, 0.1) is 18.8 Å². The van der Waals surface area contributed by atoms with Gasteiger partial charge in [-0.05, 0) is 38.1 Å². The summed E-state index contributed by atoms with van der Waals surface area (Å²) in [6, 6.07) is 9.67. The van der Waals surface area contributed by atoms with Crippen molar-refractivity contribution < 1.29 is 9.53 Å². The van der Waals surface area contributed by atoms with Crippen molar-refractivity contribution in [2.24, 2.45) is 0 Å². The second-order valence-corrected chi connectivity index (χ2v) is 5.72. The van der Waals surface area contributed by atoms with Gasteiger partial charge in [0.15, 0.2) is 6.29 Å². The third-order valence-corrected chi connectivity index (χ3v) is 4.16. The summed E-state index contributed by atoms with van der Waals surface area (Å²) in [5.74, 6) is 0.830. The molecule has 3 rings (SSSR count). The zero-order chi connectivity index (χ0) is 15.9. The first-order chi connectivity index (χ1) is 11.4. The monoisotopic (exact) mass is 314 g/mol. The standard InChI is InChI=1S/C17H22N4O2/c22-14-16-17(8-13-23-15-6-2-1-3-7-15)21(19-18-16)12-11-20-9-4-5-10-20/h1-3,6-7,14H,4-5,8-13H2. The van der Waals surface area contributed by atoms with Crippen LogP contribution in [0.15, 0.2) is 30.3 Å². The van der Waals surface area contributed by atoms with E-state index in [-0.39, 0.29) is 0 Å². The molecule has 1 saturated heterocycles. The topological polar surface area (TPSA) is 60.2 Å². The summed E-state index contributed by atoms with van der Waals surface area (Å²) >= 11 is 0. The Kier molecular flexibility index (Phi) is 5.37. The second-order valence-electron chi connectivity index (χ2n) is 5.72. The molecule has 2 aromatic rings. The number of para-hydroxylation sites is 1. The normalized spacial score (nSPS) is 15.0. The van der Waals surface area contributed by atoms with E-state index in [0.29, 0.717) is 18.7 Å². The Morgan fingerprint density at radius 3 is 2.65 bits per heavy atom. The molecule has 23 heavy (non-hydrogen) atoms. The zero-order valence-electron chi connectivity index (χ0n) is 13.2. The highest BCUT2D eigenvalue weighted by molar-refractivity contribution is 5.73. The third kappa shape index (κ3) is 4.16. The molecule has 0 saturated carbocycles. The number of aromatic nitrogens is 3. The van der Waals surface area contributed by atoms with Gasteiger partial charge in [-0.15, -0.1) is 5.10 Å². The van der Waals surface area contributed by atoms with Gasteiger partial charge in [0, 0.05) is 13.0 Å². The van der Waals surface area contributed by atoms with E-state index in [1.54, 1.807) is 0 Å². The van der Waals surface area contributed by atoms with E-state index < -0.39 is 0 Å². The quantitative estimate of drug-likeness (QED) is 0.696. The van der Waals surface area contributed by atoms with Gasteiger partial charge in [0.25, 0.3) is 0 Å². The largest absolute Gasteiger partial charge is 0.493 e. The fourth-order valence-corrected chi connectivity index (χ4v) is 2.90. The van der Waals surface area contributed by atoms with Crippen LogP contribution in [0.5, 0.6) is 5.75 Å². The fourth-order valence-electron chi connectivity index (χ4n) is 2.90. The molecular weight excluding hydrogens is 292 g/mol. The van der Waals surface area contributed by atoms with Gasteiger partial charge in [-0.2, -0.15) is 0 Å². The summed E-state index contributed by atoms with van der Waals surface area (Å²) in [5, 5.41) is 8.10. The number of likely N-dealkylation sites (tertiary alicyclic amines) is 1. The zero-order valence-corrected chi connectivity index (χ0v) is 13.2. The first-order valence-corrected chi connectivity index (χ1v) is 8.14. The van der Waals surface area contributed by atoms with E-state index in [4.69, 9.17) is 4.74 Å². The van der Waals surface area contributed by atoms with Crippen LogP contribution in [0.25, 0.3) is 0 Å². The van der Waals surface area contributed by atoms with Crippen molar-refractivity contribution in [3.05, 3.63) is 41.7 Å². The molecule has 122 valence electrons. The second kappa shape index (κ2) is 7.87.